The number of hydrogen-bond donors (Lipinski definition) is 0. The first-order valence-electron chi connectivity index (χ1n) is 4.03. The van der Waals surface area contributed by atoms with Gasteiger partial charge in [0.1, 0.15) is 5.82 Å². The quantitative estimate of drug-likeness (QED) is 0.660. The van der Waals surface area contributed by atoms with Crippen LogP contribution in [0.25, 0.3) is 0 Å². The van der Waals surface area contributed by atoms with Crippen molar-refractivity contribution in [2.75, 3.05) is 20.6 Å². The molecule has 0 atom stereocenters. The molecule has 0 N–H and O–H groups in total. The van der Waals surface area contributed by atoms with Crippen molar-refractivity contribution in [3.63, 3.8) is 0 Å². The van der Waals surface area contributed by atoms with Gasteiger partial charge in [-0.05, 0) is 26.2 Å². The Kier molecular flexibility index (Phi) is 3.14. The monoisotopic (exact) mass is 181 g/mol. The average molecular weight is 181 g/mol. The number of carbonyl (C=O) groups is 1. The first-order valence-corrected chi connectivity index (χ1v) is 4.03. The van der Waals surface area contributed by atoms with Gasteiger partial charge in [0.2, 0.25) is 0 Å². The molecule has 0 saturated heterocycles. The number of ketones is 1. The summed E-state index contributed by atoms with van der Waals surface area (Å²) in [4.78, 5) is 13.2. The number of benzene rings is 1. The average Bonchev–Trinajstić information content (AvgIpc) is 2.03. The minimum absolute atomic E-state index is 0.0653. The van der Waals surface area contributed by atoms with E-state index in [0.717, 1.165) is 0 Å². The predicted octanol–water partition coefficient (Wildman–Crippen LogP) is 1.57. The molecule has 0 amide bonds. The molecule has 0 aliphatic rings. The highest BCUT2D eigenvalue weighted by atomic mass is 19.1. The van der Waals surface area contributed by atoms with E-state index in [0.29, 0.717) is 12.1 Å². The van der Waals surface area contributed by atoms with Gasteiger partial charge in [0, 0.05) is 5.56 Å². The summed E-state index contributed by atoms with van der Waals surface area (Å²) in [6.07, 6.45) is 0. The molecule has 3 heteroatoms. The van der Waals surface area contributed by atoms with Gasteiger partial charge in [-0.25, -0.2) is 4.39 Å². The largest absolute Gasteiger partial charge is 0.302 e. The Balaban J connectivity index is 2.77. The highest BCUT2D eigenvalue weighted by Crippen LogP contribution is 2.04. The molecule has 0 aliphatic carbocycles. The van der Waals surface area contributed by atoms with Gasteiger partial charge in [-0.15, -0.1) is 0 Å². The van der Waals surface area contributed by atoms with E-state index >= 15 is 0 Å². The summed E-state index contributed by atoms with van der Waals surface area (Å²) in [6.45, 7) is 0.309. The number of rotatable bonds is 3. The zero-order valence-corrected chi connectivity index (χ0v) is 7.75. The van der Waals surface area contributed by atoms with Crippen LogP contribution in [-0.4, -0.2) is 31.3 Å². The maximum Gasteiger partial charge on any atom is 0.176 e. The maximum absolute atomic E-state index is 12.7. The fourth-order valence-electron chi connectivity index (χ4n) is 1.04. The Morgan fingerprint density at radius 2 is 2.15 bits per heavy atom. The first kappa shape index (κ1) is 9.86. The van der Waals surface area contributed by atoms with E-state index in [1.165, 1.54) is 18.2 Å². The Morgan fingerprint density at radius 1 is 1.46 bits per heavy atom. The van der Waals surface area contributed by atoms with Crippen molar-refractivity contribution in [3.05, 3.63) is 35.6 Å². The molecule has 0 unspecified atom stereocenters. The highest BCUT2D eigenvalue weighted by Gasteiger charge is 2.06. The van der Waals surface area contributed by atoms with Crippen molar-refractivity contribution in [2.45, 2.75) is 0 Å². The van der Waals surface area contributed by atoms with Gasteiger partial charge >= 0.3 is 0 Å². The van der Waals surface area contributed by atoms with Crippen molar-refractivity contribution < 1.29 is 9.18 Å². The SMILES string of the molecule is CN(C)CC(=O)c1cccc(F)c1. The molecule has 1 aromatic carbocycles. The molecule has 0 radical (unpaired) electrons. The second-order valence-electron chi connectivity index (χ2n) is 3.17. The second-order valence-corrected chi connectivity index (χ2v) is 3.17. The number of Topliss-reactive ketones (excluding diaryl/α,β-unsaturated/α-hetero) is 1. The minimum Gasteiger partial charge on any atom is -0.302 e. The third-order valence-corrected chi connectivity index (χ3v) is 1.61. The van der Waals surface area contributed by atoms with Gasteiger partial charge in [0.05, 0.1) is 6.54 Å². The van der Waals surface area contributed by atoms with Crippen molar-refractivity contribution in [1.82, 2.24) is 4.90 Å². The molecule has 0 heterocycles. The fraction of sp³-hybridized carbons (Fsp3) is 0.300. The van der Waals surface area contributed by atoms with Crippen molar-refractivity contribution >= 4 is 5.78 Å². The van der Waals surface area contributed by atoms with E-state index in [2.05, 4.69) is 0 Å². The van der Waals surface area contributed by atoms with E-state index in [1.807, 2.05) is 0 Å². The van der Waals surface area contributed by atoms with Gasteiger partial charge in [-0.3, -0.25) is 4.79 Å². The van der Waals surface area contributed by atoms with Crippen molar-refractivity contribution in [2.24, 2.45) is 0 Å². The lowest BCUT2D eigenvalue weighted by Crippen LogP contribution is -2.21. The Bertz CT molecular complexity index is 310. The van der Waals surface area contributed by atoms with Crippen LogP contribution in [0.3, 0.4) is 0 Å². The number of hydrogen-bond acceptors (Lipinski definition) is 2. The van der Waals surface area contributed by atoms with E-state index in [9.17, 15) is 9.18 Å². The molecule has 0 aromatic heterocycles. The van der Waals surface area contributed by atoms with Crippen LogP contribution >= 0.6 is 0 Å². The highest BCUT2D eigenvalue weighted by molar-refractivity contribution is 5.97. The first-order chi connectivity index (χ1) is 6.09. The third-order valence-electron chi connectivity index (χ3n) is 1.61. The minimum atomic E-state index is -0.371. The summed E-state index contributed by atoms with van der Waals surface area (Å²) >= 11 is 0. The topological polar surface area (TPSA) is 20.3 Å². The summed E-state index contributed by atoms with van der Waals surface area (Å²) < 4.78 is 12.7. The van der Waals surface area contributed by atoms with Crippen molar-refractivity contribution in [3.8, 4) is 0 Å². The van der Waals surface area contributed by atoms with Crippen LogP contribution in [0, 0.1) is 5.82 Å². The second kappa shape index (κ2) is 4.14. The summed E-state index contributed by atoms with van der Waals surface area (Å²) in [7, 11) is 3.61. The number of carbonyl (C=O) groups excluding carboxylic acids is 1. The standard InChI is InChI=1S/C10H12FNO/c1-12(2)7-10(13)8-4-3-5-9(11)6-8/h3-6H,7H2,1-2H3. The fourth-order valence-corrected chi connectivity index (χ4v) is 1.04. The lowest BCUT2D eigenvalue weighted by molar-refractivity contribution is 0.0957. The molecule has 1 rings (SSSR count). The van der Waals surface area contributed by atoms with E-state index in [4.69, 9.17) is 0 Å². The maximum atomic E-state index is 12.7. The van der Waals surface area contributed by atoms with E-state index < -0.39 is 0 Å². The summed E-state index contributed by atoms with van der Waals surface area (Å²) in [5.41, 5.74) is 0.425. The number of likely N-dealkylation sites (N-methyl/N-ethyl adjacent to an activating group) is 1. The normalized spacial score (nSPS) is 10.5. The molecular weight excluding hydrogens is 169 g/mol. The third kappa shape index (κ3) is 2.95. The molecule has 2 nitrogen and oxygen atoms in total. The molecule has 0 fully saturated rings. The van der Waals surface area contributed by atoms with Crippen LogP contribution in [0.2, 0.25) is 0 Å². The zero-order chi connectivity index (χ0) is 9.84. The molecule has 0 bridgehead atoms. The summed E-state index contributed by atoms with van der Waals surface area (Å²) in [5.74, 6) is -0.436. The van der Waals surface area contributed by atoms with Crippen LogP contribution < -0.4 is 0 Å². The molecule has 13 heavy (non-hydrogen) atoms. The van der Waals surface area contributed by atoms with Gasteiger partial charge in [-0.2, -0.15) is 0 Å². The van der Waals surface area contributed by atoms with Crippen molar-refractivity contribution in [1.29, 1.82) is 0 Å². The molecule has 0 aliphatic heterocycles. The van der Waals surface area contributed by atoms with E-state index in [1.54, 1.807) is 25.1 Å². The van der Waals surface area contributed by atoms with Gasteiger partial charge < -0.3 is 4.90 Å². The van der Waals surface area contributed by atoms with Crippen LogP contribution in [-0.2, 0) is 0 Å². The van der Waals surface area contributed by atoms with Crippen LogP contribution in [0.4, 0.5) is 4.39 Å². The zero-order valence-electron chi connectivity index (χ0n) is 7.75. The molecule has 70 valence electrons. The van der Waals surface area contributed by atoms with E-state index in [-0.39, 0.29) is 11.6 Å². The number of halogens is 1. The summed E-state index contributed by atoms with van der Waals surface area (Å²) in [5, 5.41) is 0. The predicted molar refractivity (Wildman–Crippen MR) is 49.3 cm³/mol. The Labute approximate surface area is 77.0 Å². The lowest BCUT2D eigenvalue weighted by Gasteiger charge is -2.07. The van der Waals surface area contributed by atoms with Crippen LogP contribution in [0.5, 0.6) is 0 Å². The molecule has 0 saturated carbocycles. The van der Waals surface area contributed by atoms with Gasteiger partial charge in [0.25, 0.3) is 0 Å². The molecular formula is C10H12FNO. The van der Waals surface area contributed by atoms with Gasteiger partial charge in [0.15, 0.2) is 5.78 Å². The van der Waals surface area contributed by atoms with Crippen LogP contribution in [0.1, 0.15) is 10.4 Å². The smallest absolute Gasteiger partial charge is 0.176 e. The van der Waals surface area contributed by atoms with Gasteiger partial charge in [-0.1, -0.05) is 12.1 Å². The lowest BCUT2D eigenvalue weighted by atomic mass is 10.1. The number of nitrogens with zero attached hydrogens (tertiary/aromatic N) is 1. The molecule has 1 aromatic rings. The molecule has 0 spiro atoms. The Hall–Kier alpha value is -1.22. The van der Waals surface area contributed by atoms with Crippen LogP contribution in [0.15, 0.2) is 24.3 Å². The Morgan fingerprint density at radius 3 is 2.69 bits per heavy atom. The summed E-state index contributed by atoms with van der Waals surface area (Å²) in [6, 6.07) is 5.74.